The molecule has 0 radical (unpaired) electrons. The maximum absolute atomic E-state index is 12.2. The number of carbonyl (C=O) groups excluding carboxylic acids is 1. The van der Waals surface area contributed by atoms with Crippen LogP contribution in [0.2, 0.25) is 0 Å². The van der Waals surface area contributed by atoms with Crippen LogP contribution in [0.15, 0.2) is 54.7 Å². The molecule has 2 aromatic heterocycles. The molecule has 1 amide bonds. The minimum absolute atomic E-state index is 0.164. The van der Waals surface area contributed by atoms with Crippen molar-refractivity contribution in [2.24, 2.45) is 0 Å². The van der Waals surface area contributed by atoms with Gasteiger partial charge in [0.2, 0.25) is 0 Å². The molecule has 0 saturated carbocycles. The summed E-state index contributed by atoms with van der Waals surface area (Å²) in [5.74, 6) is 0.774. The van der Waals surface area contributed by atoms with E-state index in [1.54, 1.807) is 0 Å². The zero-order valence-corrected chi connectivity index (χ0v) is 15.5. The second kappa shape index (κ2) is 7.65. The van der Waals surface area contributed by atoms with Crippen LogP contribution in [-0.2, 0) is 13.1 Å². The van der Waals surface area contributed by atoms with Crippen molar-refractivity contribution in [3.63, 3.8) is 0 Å². The molecule has 136 valence electrons. The fourth-order valence-corrected chi connectivity index (χ4v) is 3.29. The Kier molecular flexibility index (Phi) is 4.91. The maximum Gasteiger partial charge on any atom is 0.256 e. The summed E-state index contributed by atoms with van der Waals surface area (Å²) in [4.78, 5) is 22.3. The molecule has 0 aliphatic rings. The predicted octanol–water partition coefficient (Wildman–Crippen LogP) is 3.30. The summed E-state index contributed by atoms with van der Waals surface area (Å²) in [7, 11) is 2.05. The molecule has 0 unspecified atom stereocenters. The number of para-hydroxylation sites is 2. The van der Waals surface area contributed by atoms with Crippen molar-refractivity contribution in [2.75, 3.05) is 12.4 Å². The molecule has 0 aliphatic heterocycles. The van der Waals surface area contributed by atoms with E-state index in [2.05, 4.69) is 29.8 Å². The second-order valence-corrected chi connectivity index (χ2v) is 7.09. The molecule has 2 heterocycles. The minimum Gasteiger partial charge on any atom is -0.341 e. The van der Waals surface area contributed by atoms with Gasteiger partial charge in [0, 0.05) is 23.6 Å². The number of aromatic nitrogens is 4. The fraction of sp³-hybridized carbons (Fsp3) is 0.158. The van der Waals surface area contributed by atoms with Crippen molar-refractivity contribution in [3.8, 4) is 0 Å². The summed E-state index contributed by atoms with van der Waals surface area (Å²) < 4.78 is 3.73. The Hall–Kier alpha value is -3.10. The number of nitrogens with zero attached hydrogens (tertiary/aromatic N) is 4. The third-order valence-electron chi connectivity index (χ3n) is 4.12. The Morgan fingerprint density at radius 2 is 1.96 bits per heavy atom. The SMILES string of the molecule is CN(Cc1ccc(C(=O)Nc2cnns2)cc1)Cc1nc2ccccc2[nH]1. The lowest BCUT2D eigenvalue weighted by atomic mass is 10.1. The fourth-order valence-electron chi connectivity index (χ4n) is 2.87. The average Bonchev–Trinajstić information content (AvgIpc) is 3.31. The topological polar surface area (TPSA) is 86.8 Å². The van der Waals surface area contributed by atoms with Gasteiger partial charge in [-0.15, -0.1) is 5.10 Å². The molecule has 0 aliphatic carbocycles. The van der Waals surface area contributed by atoms with Gasteiger partial charge in [0.1, 0.15) is 10.8 Å². The van der Waals surface area contributed by atoms with Gasteiger partial charge in [-0.25, -0.2) is 4.98 Å². The van der Waals surface area contributed by atoms with E-state index >= 15 is 0 Å². The first-order chi connectivity index (χ1) is 13.2. The largest absolute Gasteiger partial charge is 0.341 e. The molecule has 2 N–H and O–H groups in total. The Morgan fingerprint density at radius 1 is 1.15 bits per heavy atom. The van der Waals surface area contributed by atoms with E-state index in [0.29, 0.717) is 10.6 Å². The van der Waals surface area contributed by atoms with Crippen LogP contribution >= 0.6 is 11.5 Å². The van der Waals surface area contributed by atoms with Gasteiger partial charge >= 0.3 is 0 Å². The molecule has 27 heavy (non-hydrogen) atoms. The van der Waals surface area contributed by atoms with Gasteiger partial charge in [0.05, 0.1) is 23.8 Å². The highest BCUT2D eigenvalue weighted by Crippen LogP contribution is 2.15. The zero-order valence-electron chi connectivity index (χ0n) is 14.7. The molecule has 8 heteroatoms. The molecule has 7 nitrogen and oxygen atoms in total. The summed E-state index contributed by atoms with van der Waals surface area (Å²) in [6.07, 6.45) is 1.53. The Bertz CT molecular complexity index is 1010. The Balaban J connectivity index is 1.36. The Morgan fingerprint density at radius 3 is 2.70 bits per heavy atom. The standard InChI is InChI=1S/C19H18N6OS/c1-25(12-17-21-15-4-2-3-5-16(15)22-17)11-13-6-8-14(9-7-13)19(26)23-18-10-20-24-27-18/h2-10H,11-12H2,1H3,(H,21,22)(H,23,26). The van der Waals surface area contributed by atoms with Gasteiger partial charge in [-0.05, 0) is 36.9 Å². The number of benzene rings is 2. The number of anilines is 1. The molecule has 0 spiro atoms. The van der Waals surface area contributed by atoms with Crippen LogP contribution in [0.1, 0.15) is 21.7 Å². The molecular weight excluding hydrogens is 360 g/mol. The quantitative estimate of drug-likeness (QED) is 0.538. The van der Waals surface area contributed by atoms with E-state index < -0.39 is 0 Å². The van der Waals surface area contributed by atoms with Gasteiger partial charge in [-0.3, -0.25) is 9.69 Å². The predicted molar refractivity (Wildman–Crippen MR) is 106 cm³/mol. The normalized spacial score (nSPS) is 11.2. The van der Waals surface area contributed by atoms with E-state index in [0.717, 1.165) is 47.0 Å². The first-order valence-electron chi connectivity index (χ1n) is 8.47. The van der Waals surface area contributed by atoms with Crippen molar-refractivity contribution in [1.82, 2.24) is 24.5 Å². The molecule has 4 aromatic rings. The highest BCUT2D eigenvalue weighted by Gasteiger charge is 2.09. The Labute approximate surface area is 160 Å². The first kappa shape index (κ1) is 17.3. The summed E-state index contributed by atoms with van der Waals surface area (Å²) in [6, 6.07) is 15.6. The number of hydrogen-bond acceptors (Lipinski definition) is 6. The minimum atomic E-state index is -0.164. The number of fused-ring (bicyclic) bond motifs is 1. The number of hydrogen-bond donors (Lipinski definition) is 2. The molecule has 0 bridgehead atoms. The number of nitrogens with one attached hydrogen (secondary N) is 2. The lowest BCUT2D eigenvalue weighted by Gasteiger charge is -2.15. The van der Waals surface area contributed by atoms with Crippen LogP contribution in [0.25, 0.3) is 11.0 Å². The monoisotopic (exact) mass is 378 g/mol. The second-order valence-electron chi connectivity index (χ2n) is 6.31. The van der Waals surface area contributed by atoms with Crippen LogP contribution in [0.3, 0.4) is 0 Å². The van der Waals surface area contributed by atoms with Crippen molar-refractivity contribution in [2.45, 2.75) is 13.1 Å². The van der Waals surface area contributed by atoms with Crippen molar-refractivity contribution < 1.29 is 4.79 Å². The number of amides is 1. The summed E-state index contributed by atoms with van der Waals surface area (Å²) in [5.41, 5.74) is 3.76. The van der Waals surface area contributed by atoms with Crippen molar-refractivity contribution in [1.29, 1.82) is 0 Å². The van der Waals surface area contributed by atoms with Gasteiger partial charge in [0.25, 0.3) is 5.91 Å². The molecule has 0 atom stereocenters. The third-order valence-corrected chi connectivity index (χ3v) is 4.70. The highest BCUT2D eigenvalue weighted by molar-refractivity contribution is 7.10. The molecule has 0 saturated heterocycles. The van der Waals surface area contributed by atoms with E-state index in [1.807, 2.05) is 55.6 Å². The summed E-state index contributed by atoms with van der Waals surface area (Å²) in [6.45, 7) is 1.48. The van der Waals surface area contributed by atoms with E-state index in [-0.39, 0.29) is 5.91 Å². The third kappa shape index (κ3) is 4.18. The molecule has 2 aromatic carbocycles. The average molecular weight is 378 g/mol. The summed E-state index contributed by atoms with van der Waals surface area (Å²) >= 11 is 1.15. The van der Waals surface area contributed by atoms with Crippen molar-refractivity contribution >= 4 is 33.5 Å². The highest BCUT2D eigenvalue weighted by atomic mass is 32.1. The number of rotatable bonds is 6. The number of carbonyl (C=O) groups is 1. The van der Waals surface area contributed by atoms with Crippen LogP contribution < -0.4 is 5.32 Å². The molecule has 0 fully saturated rings. The van der Waals surface area contributed by atoms with Gasteiger partial charge in [-0.1, -0.05) is 28.8 Å². The van der Waals surface area contributed by atoms with E-state index in [9.17, 15) is 4.79 Å². The number of imidazole rings is 1. The van der Waals surface area contributed by atoms with Crippen LogP contribution in [0.5, 0.6) is 0 Å². The smallest absolute Gasteiger partial charge is 0.256 e. The maximum atomic E-state index is 12.2. The first-order valence-corrected chi connectivity index (χ1v) is 9.24. The van der Waals surface area contributed by atoms with E-state index in [4.69, 9.17) is 0 Å². The van der Waals surface area contributed by atoms with Gasteiger partial charge in [0.15, 0.2) is 0 Å². The zero-order chi connectivity index (χ0) is 18.6. The van der Waals surface area contributed by atoms with Crippen LogP contribution in [-0.4, -0.2) is 37.4 Å². The lowest BCUT2D eigenvalue weighted by Crippen LogP contribution is -2.18. The van der Waals surface area contributed by atoms with Gasteiger partial charge in [-0.2, -0.15) is 0 Å². The summed E-state index contributed by atoms with van der Waals surface area (Å²) in [5, 5.41) is 7.11. The van der Waals surface area contributed by atoms with Crippen molar-refractivity contribution in [3.05, 3.63) is 71.7 Å². The van der Waals surface area contributed by atoms with Gasteiger partial charge < -0.3 is 10.3 Å². The number of H-pyrrole nitrogens is 1. The van der Waals surface area contributed by atoms with Crippen LogP contribution in [0.4, 0.5) is 5.00 Å². The van der Waals surface area contributed by atoms with Crippen LogP contribution in [0, 0.1) is 0 Å². The lowest BCUT2D eigenvalue weighted by molar-refractivity contribution is 0.102. The number of aromatic amines is 1. The van der Waals surface area contributed by atoms with E-state index in [1.165, 1.54) is 6.20 Å². The molecular formula is C19H18N6OS. The molecule has 4 rings (SSSR count).